The van der Waals surface area contributed by atoms with Gasteiger partial charge in [-0.25, -0.2) is 4.98 Å². The molecule has 1 aliphatic heterocycles. The van der Waals surface area contributed by atoms with Gasteiger partial charge in [-0.3, -0.25) is 19.0 Å². The van der Waals surface area contributed by atoms with Gasteiger partial charge in [-0.05, 0) is 36.4 Å². The Labute approximate surface area is 170 Å². The molecule has 1 saturated heterocycles. The molecule has 2 amide bonds. The molecular formula is C21H19N5O4. The van der Waals surface area contributed by atoms with Crippen LogP contribution >= 0.6 is 0 Å². The molecule has 0 bridgehead atoms. The molecule has 0 atom stereocenters. The molecule has 9 nitrogen and oxygen atoms in total. The molecule has 0 unspecified atom stereocenters. The summed E-state index contributed by atoms with van der Waals surface area (Å²) in [7, 11) is 0. The molecule has 0 aromatic carbocycles. The molecule has 0 spiro atoms. The normalized spacial score (nSPS) is 14.5. The highest BCUT2D eigenvalue weighted by atomic mass is 16.3. The number of piperazine rings is 1. The Hall–Kier alpha value is -3.88. The van der Waals surface area contributed by atoms with E-state index >= 15 is 0 Å². The van der Waals surface area contributed by atoms with Gasteiger partial charge in [0.1, 0.15) is 12.1 Å². The number of aromatic nitrogens is 3. The molecule has 0 saturated carbocycles. The lowest BCUT2D eigenvalue weighted by Crippen LogP contribution is -2.51. The number of fused-ring (bicyclic) bond motifs is 3. The van der Waals surface area contributed by atoms with E-state index in [1.807, 2.05) is 12.3 Å². The fourth-order valence-corrected chi connectivity index (χ4v) is 3.88. The summed E-state index contributed by atoms with van der Waals surface area (Å²) in [6.45, 7) is 1.53. The number of furan rings is 1. The van der Waals surface area contributed by atoms with Gasteiger partial charge in [0.25, 0.3) is 11.5 Å². The van der Waals surface area contributed by atoms with E-state index in [2.05, 4.69) is 4.98 Å². The second-order valence-electron chi connectivity index (χ2n) is 7.15. The summed E-state index contributed by atoms with van der Waals surface area (Å²) in [4.78, 5) is 46.0. The quantitative estimate of drug-likeness (QED) is 0.511. The zero-order valence-electron chi connectivity index (χ0n) is 16.1. The monoisotopic (exact) mass is 405 g/mol. The van der Waals surface area contributed by atoms with Crippen molar-refractivity contribution in [1.82, 2.24) is 23.8 Å². The smallest absolute Gasteiger partial charge is 0.289 e. The van der Waals surface area contributed by atoms with Gasteiger partial charge < -0.3 is 18.6 Å². The van der Waals surface area contributed by atoms with Gasteiger partial charge in [0, 0.05) is 38.6 Å². The van der Waals surface area contributed by atoms with E-state index in [0.29, 0.717) is 43.1 Å². The lowest BCUT2D eigenvalue weighted by atomic mass is 10.2. The first-order valence-electron chi connectivity index (χ1n) is 9.68. The van der Waals surface area contributed by atoms with Crippen molar-refractivity contribution in [2.75, 3.05) is 26.2 Å². The molecule has 1 aliphatic rings. The Morgan fingerprint density at radius 3 is 2.50 bits per heavy atom. The van der Waals surface area contributed by atoms with Crippen LogP contribution in [0.25, 0.3) is 16.7 Å². The van der Waals surface area contributed by atoms with Crippen molar-refractivity contribution in [3.8, 4) is 0 Å². The van der Waals surface area contributed by atoms with Crippen molar-refractivity contribution in [3.05, 3.63) is 71.2 Å². The van der Waals surface area contributed by atoms with E-state index in [0.717, 1.165) is 5.52 Å². The van der Waals surface area contributed by atoms with Crippen LogP contribution in [0.2, 0.25) is 0 Å². The van der Waals surface area contributed by atoms with Crippen molar-refractivity contribution in [2.45, 2.75) is 6.54 Å². The largest absolute Gasteiger partial charge is 0.459 e. The van der Waals surface area contributed by atoms with Crippen LogP contribution in [0.3, 0.4) is 0 Å². The van der Waals surface area contributed by atoms with Crippen LogP contribution in [0.5, 0.6) is 0 Å². The van der Waals surface area contributed by atoms with E-state index < -0.39 is 0 Å². The van der Waals surface area contributed by atoms with Gasteiger partial charge in [-0.2, -0.15) is 0 Å². The van der Waals surface area contributed by atoms with Crippen molar-refractivity contribution in [1.29, 1.82) is 0 Å². The molecule has 30 heavy (non-hydrogen) atoms. The zero-order chi connectivity index (χ0) is 20.7. The third kappa shape index (κ3) is 2.95. The van der Waals surface area contributed by atoms with Gasteiger partial charge in [-0.1, -0.05) is 0 Å². The Kier molecular flexibility index (Phi) is 4.35. The standard InChI is InChI=1S/C21H19N5O4/c27-18(23-9-11-24(12-10-23)21(29)17-6-3-13-30-17)14-26-19-15(4-1-7-22-19)25-8-2-5-16(25)20(26)28/h1-8,13H,9-12,14H2. The van der Waals surface area contributed by atoms with Crippen LogP contribution in [0.1, 0.15) is 10.6 Å². The van der Waals surface area contributed by atoms with Crippen molar-refractivity contribution < 1.29 is 14.0 Å². The third-order valence-corrected chi connectivity index (χ3v) is 5.44. The SMILES string of the molecule is O=C(Cn1c(=O)c2cccn2c2cccnc21)N1CCN(C(=O)c2ccco2)CC1. The van der Waals surface area contributed by atoms with Gasteiger partial charge >= 0.3 is 0 Å². The Morgan fingerprint density at radius 2 is 1.73 bits per heavy atom. The van der Waals surface area contributed by atoms with Crippen LogP contribution in [0.4, 0.5) is 0 Å². The van der Waals surface area contributed by atoms with Gasteiger partial charge in [0.05, 0.1) is 11.8 Å². The number of amides is 2. The Morgan fingerprint density at radius 1 is 0.967 bits per heavy atom. The number of hydrogen-bond acceptors (Lipinski definition) is 5. The van der Waals surface area contributed by atoms with E-state index in [9.17, 15) is 14.4 Å². The topological polar surface area (TPSA) is 93.1 Å². The first kappa shape index (κ1) is 18.2. The zero-order valence-corrected chi connectivity index (χ0v) is 16.1. The highest BCUT2D eigenvalue weighted by Crippen LogP contribution is 2.14. The Balaban J connectivity index is 1.36. The summed E-state index contributed by atoms with van der Waals surface area (Å²) >= 11 is 0. The average molecular weight is 405 g/mol. The number of carbonyl (C=O) groups is 2. The van der Waals surface area contributed by atoms with Gasteiger partial charge in [-0.15, -0.1) is 0 Å². The fourth-order valence-electron chi connectivity index (χ4n) is 3.88. The lowest BCUT2D eigenvalue weighted by molar-refractivity contribution is -0.133. The average Bonchev–Trinajstić information content (AvgIpc) is 3.49. The van der Waals surface area contributed by atoms with Gasteiger partial charge in [0.2, 0.25) is 5.91 Å². The molecule has 9 heteroatoms. The minimum atomic E-state index is -0.258. The van der Waals surface area contributed by atoms with Crippen LogP contribution in [-0.4, -0.2) is 61.7 Å². The molecule has 1 fully saturated rings. The summed E-state index contributed by atoms with van der Waals surface area (Å²) in [6.07, 6.45) is 4.88. The van der Waals surface area contributed by atoms with Crippen molar-refractivity contribution in [2.24, 2.45) is 0 Å². The first-order chi connectivity index (χ1) is 14.6. The van der Waals surface area contributed by atoms with E-state index in [1.54, 1.807) is 50.7 Å². The maximum Gasteiger partial charge on any atom is 0.289 e. The summed E-state index contributed by atoms with van der Waals surface area (Å²) in [5.41, 5.74) is 1.47. The Bertz CT molecular complexity index is 1300. The van der Waals surface area contributed by atoms with Gasteiger partial charge in [0.15, 0.2) is 11.4 Å². The first-order valence-corrected chi connectivity index (χ1v) is 9.68. The summed E-state index contributed by atoms with van der Waals surface area (Å²) < 4.78 is 8.37. The molecule has 0 N–H and O–H groups in total. The predicted octanol–water partition coefficient (Wildman–Crippen LogP) is 1.23. The predicted molar refractivity (Wildman–Crippen MR) is 108 cm³/mol. The second kappa shape index (κ2) is 7.18. The molecule has 5 heterocycles. The fraction of sp³-hybridized carbons (Fsp3) is 0.238. The molecule has 0 radical (unpaired) electrons. The minimum Gasteiger partial charge on any atom is -0.459 e. The second-order valence-corrected chi connectivity index (χ2v) is 7.15. The van der Waals surface area contributed by atoms with E-state index in [4.69, 9.17) is 4.42 Å². The van der Waals surface area contributed by atoms with E-state index in [-0.39, 0.29) is 23.9 Å². The number of pyridine rings is 1. The summed E-state index contributed by atoms with van der Waals surface area (Å²) in [6, 6.07) is 10.5. The number of hydrogen-bond donors (Lipinski definition) is 0. The van der Waals surface area contributed by atoms with E-state index in [1.165, 1.54) is 10.8 Å². The highest BCUT2D eigenvalue weighted by Gasteiger charge is 2.26. The van der Waals surface area contributed by atoms with Crippen molar-refractivity contribution in [3.63, 3.8) is 0 Å². The number of nitrogens with zero attached hydrogens (tertiary/aromatic N) is 5. The minimum absolute atomic E-state index is 0.0971. The third-order valence-electron chi connectivity index (χ3n) is 5.44. The maximum atomic E-state index is 13.0. The molecule has 4 aromatic rings. The number of rotatable bonds is 3. The molecular weight excluding hydrogens is 386 g/mol. The molecule has 0 aliphatic carbocycles. The lowest BCUT2D eigenvalue weighted by Gasteiger charge is -2.34. The highest BCUT2D eigenvalue weighted by molar-refractivity contribution is 5.91. The summed E-state index contributed by atoms with van der Waals surface area (Å²) in [5, 5.41) is 0. The van der Waals surface area contributed by atoms with Crippen LogP contribution in [-0.2, 0) is 11.3 Å². The molecule has 5 rings (SSSR count). The van der Waals surface area contributed by atoms with Crippen LogP contribution in [0, 0.1) is 0 Å². The number of carbonyl (C=O) groups excluding carboxylic acids is 2. The molecule has 4 aromatic heterocycles. The van der Waals surface area contributed by atoms with Crippen molar-refractivity contribution >= 4 is 28.5 Å². The summed E-state index contributed by atoms with van der Waals surface area (Å²) in [5.74, 6) is -0.0679. The maximum absolute atomic E-state index is 13.0. The van der Waals surface area contributed by atoms with Crippen LogP contribution < -0.4 is 5.56 Å². The molecule has 152 valence electrons. The van der Waals surface area contributed by atoms with Crippen LogP contribution in [0.15, 0.2) is 64.3 Å².